The fraction of sp³-hybridized carbons (Fsp3) is 0.500. The Morgan fingerprint density at radius 2 is 2.38 bits per heavy atom. The Bertz CT molecular complexity index is 282. The largest absolute Gasteiger partial charge is 0.309 e. The number of pyridine rings is 1. The average molecular weight is 180 g/mol. The fourth-order valence-electron chi connectivity index (χ4n) is 1.74. The van der Waals surface area contributed by atoms with Crippen molar-refractivity contribution < 1.29 is 4.39 Å². The van der Waals surface area contributed by atoms with Crippen molar-refractivity contribution in [1.29, 1.82) is 0 Å². The Labute approximate surface area is 77.2 Å². The molecule has 0 bridgehead atoms. The van der Waals surface area contributed by atoms with Crippen LogP contribution in [0.4, 0.5) is 4.39 Å². The lowest BCUT2D eigenvalue weighted by Gasteiger charge is -2.22. The number of nitrogens with zero attached hydrogens (tertiary/aromatic N) is 1. The number of piperidine rings is 1. The van der Waals surface area contributed by atoms with Gasteiger partial charge in [-0.3, -0.25) is 4.98 Å². The highest BCUT2D eigenvalue weighted by molar-refractivity contribution is 5.12. The quantitative estimate of drug-likeness (QED) is 0.715. The number of halogens is 1. The number of hydrogen-bond donors (Lipinski definition) is 1. The van der Waals surface area contributed by atoms with E-state index in [4.69, 9.17) is 0 Å². The van der Waals surface area contributed by atoms with Crippen LogP contribution in [0.5, 0.6) is 0 Å². The van der Waals surface area contributed by atoms with Gasteiger partial charge in [0.25, 0.3) is 0 Å². The summed E-state index contributed by atoms with van der Waals surface area (Å²) in [6, 6.07) is 3.22. The molecule has 0 unspecified atom stereocenters. The third-order valence-electron chi connectivity index (χ3n) is 2.43. The first-order valence-electron chi connectivity index (χ1n) is 4.72. The summed E-state index contributed by atoms with van der Waals surface area (Å²) in [5.74, 6) is -0.193. The van der Waals surface area contributed by atoms with Gasteiger partial charge in [-0.2, -0.15) is 0 Å². The summed E-state index contributed by atoms with van der Waals surface area (Å²) in [6.07, 6.45) is 4.99. The molecule has 1 aliphatic rings. The minimum atomic E-state index is -0.193. The Morgan fingerprint density at radius 3 is 3.08 bits per heavy atom. The van der Waals surface area contributed by atoms with Gasteiger partial charge >= 0.3 is 0 Å². The summed E-state index contributed by atoms with van der Waals surface area (Å²) in [5.41, 5.74) is 0.571. The van der Waals surface area contributed by atoms with Crippen molar-refractivity contribution in [1.82, 2.24) is 10.3 Å². The zero-order valence-corrected chi connectivity index (χ0v) is 7.46. The molecule has 2 rings (SSSR count). The molecule has 70 valence electrons. The maximum absolute atomic E-state index is 13.3. The molecule has 2 heterocycles. The molecule has 2 nitrogen and oxygen atoms in total. The second kappa shape index (κ2) is 3.83. The van der Waals surface area contributed by atoms with Crippen LogP contribution >= 0.6 is 0 Å². The van der Waals surface area contributed by atoms with Crippen LogP contribution in [-0.4, -0.2) is 11.5 Å². The monoisotopic (exact) mass is 180 g/mol. The molecule has 0 saturated carbocycles. The molecule has 1 N–H and O–H groups in total. The molecule has 1 aromatic heterocycles. The molecule has 0 spiro atoms. The van der Waals surface area contributed by atoms with Crippen LogP contribution in [0, 0.1) is 5.82 Å². The van der Waals surface area contributed by atoms with E-state index in [1.165, 1.54) is 12.5 Å². The van der Waals surface area contributed by atoms with E-state index in [0.717, 1.165) is 19.4 Å². The highest BCUT2D eigenvalue weighted by atomic mass is 19.1. The van der Waals surface area contributed by atoms with Crippen LogP contribution in [-0.2, 0) is 0 Å². The van der Waals surface area contributed by atoms with Gasteiger partial charge in [0.2, 0.25) is 0 Å². The summed E-state index contributed by atoms with van der Waals surface area (Å²) in [6.45, 7) is 0.973. The Hall–Kier alpha value is -0.960. The standard InChI is InChI=1S/C10H13FN2/c11-8-4-3-7-13-10(8)9-5-1-2-6-12-9/h3-4,7,9,12H,1-2,5-6H2/t9-/m1/s1. The summed E-state index contributed by atoms with van der Waals surface area (Å²) in [7, 11) is 0. The van der Waals surface area contributed by atoms with Crippen LogP contribution in [0.25, 0.3) is 0 Å². The summed E-state index contributed by atoms with van der Waals surface area (Å²) < 4.78 is 13.3. The predicted octanol–water partition coefficient (Wildman–Crippen LogP) is 2.04. The summed E-state index contributed by atoms with van der Waals surface area (Å²) in [4.78, 5) is 4.06. The topological polar surface area (TPSA) is 24.9 Å². The summed E-state index contributed by atoms with van der Waals surface area (Å²) in [5, 5.41) is 3.27. The zero-order chi connectivity index (χ0) is 9.10. The average Bonchev–Trinajstić information content (AvgIpc) is 2.20. The van der Waals surface area contributed by atoms with Gasteiger partial charge in [-0.15, -0.1) is 0 Å². The van der Waals surface area contributed by atoms with Gasteiger partial charge in [0, 0.05) is 6.20 Å². The Balaban J connectivity index is 2.18. The Morgan fingerprint density at radius 1 is 1.46 bits per heavy atom. The molecular formula is C10H13FN2. The number of nitrogens with one attached hydrogen (secondary N) is 1. The molecule has 1 saturated heterocycles. The van der Waals surface area contributed by atoms with Crippen molar-refractivity contribution in [2.75, 3.05) is 6.54 Å². The minimum absolute atomic E-state index is 0.120. The normalized spacial score (nSPS) is 23.0. The van der Waals surface area contributed by atoms with Crippen LogP contribution < -0.4 is 5.32 Å². The van der Waals surface area contributed by atoms with Crippen LogP contribution in [0.15, 0.2) is 18.3 Å². The van der Waals surface area contributed by atoms with E-state index in [9.17, 15) is 4.39 Å². The maximum Gasteiger partial charge on any atom is 0.146 e. The Kier molecular flexibility index (Phi) is 2.54. The number of aromatic nitrogens is 1. The fourth-order valence-corrected chi connectivity index (χ4v) is 1.74. The van der Waals surface area contributed by atoms with Crippen LogP contribution in [0.2, 0.25) is 0 Å². The second-order valence-corrected chi connectivity index (χ2v) is 3.37. The first-order valence-corrected chi connectivity index (χ1v) is 4.72. The van der Waals surface area contributed by atoms with E-state index in [2.05, 4.69) is 10.3 Å². The van der Waals surface area contributed by atoms with Gasteiger partial charge in [-0.25, -0.2) is 4.39 Å². The molecule has 13 heavy (non-hydrogen) atoms. The number of rotatable bonds is 1. The molecule has 0 aromatic carbocycles. The molecule has 3 heteroatoms. The van der Waals surface area contributed by atoms with E-state index in [1.54, 1.807) is 12.3 Å². The van der Waals surface area contributed by atoms with Crippen molar-refractivity contribution in [3.8, 4) is 0 Å². The first kappa shape index (κ1) is 8.63. The third-order valence-corrected chi connectivity index (χ3v) is 2.43. The smallest absolute Gasteiger partial charge is 0.146 e. The maximum atomic E-state index is 13.3. The van der Waals surface area contributed by atoms with Gasteiger partial charge in [-0.05, 0) is 31.5 Å². The molecular weight excluding hydrogens is 167 g/mol. The molecule has 1 aromatic rings. The lowest BCUT2D eigenvalue weighted by Crippen LogP contribution is -2.28. The highest BCUT2D eigenvalue weighted by Gasteiger charge is 2.18. The number of hydrogen-bond acceptors (Lipinski definition) is 2. The lowest BCUT2D eigenvalue weighted by atomic mass is 10.0. The molecule has 1 aliphatic heterocycles. The molecule has 0 radical (unpaired) electrons. The molecule has 1 fully saturated rings. The predicted molar refractivity (Wildman–Crippen MR) is 48.8 cm³/mol. The molecule has 0 amide bonds. The van der Waals surface area contributed by atoms with E-state index < -0.39 is 0 Å². The highest BCUT2D eigenvalue weighted by Crippen LogP contribution is 2.22. The second-order valence-electron chi connectivity index (χ2n) is 3.37. The van der Waals surface area contributed by atoms with E-state index in [1.807, 2.05) is 0 Å². The van der Waals surface area contributed by atoms with Crippen LogP contribution in [0.1, 0.15) is 31.0 Å². The SMILES string of the molecule is Fc1cccnc1[C@H]1CCCCN1. The molecule has 1 atom stereocenters. The van der Waals surface area contributed by atoms with Crippen molar-refractivity contribution in [3.05, 3.63) is 29.8 Å². The lowest BCUT2D eigenvalue weighted by molar-refractivity contribution is 0.391. The van der Waals surface area contributed by atoms with Gasteiger partial charge in [0.15, 0.2) is 0 Å². The van der Waals surface area contributed by atoms with Gasteiger partial charge in [-0.1, -0.05) is 6.42 Å². The van der Waals surface area contributed by atoms with Crippen molar-refractivity contribution in [2.45, 2.75) is 25.3 Å². The van der Waals surface area contributed by atoms with Gasteiger partial charge in [0.05, 0.1) is 11.7 Å². The van der Waals surface area contributed by atoms with Gasteiger partial charge < -0.3 is 5.32 Å². The van der Waals surface area contributed by atoms with Crippen LogP contribution in [0.3, 0.4) is 0 Å². The molecule has 0 aliphatic carbocycles. The summed E-state index contributed by atoms with van der Waals surface area (Å²) >= 11 is 0. The minimum Gasteiger partial charge on any atom is -0.309 e. The van der Waals surface area contributed by atoms with E-state index in [0.29, 0.717) is 5.69 Å². The van der Waals surface area contributed by atoms with E-state index >= 15 is 0 Å². The zero-order valence-electron chi connectivity index (χ0n) is 7.46. The van der Waals surface area contributed by atoms with Crippen molar-refractivity contribution in [3.63, 3.8) is 0 Å². The van der Waals surface area contributed by atoms with Gasteiger partial charge in [0.1, 0.15) is 5.82 Å². The van der Waals surface area contributed by atoms with Crippen molar-refractivity contribution >= 4 is 0 Å². The van der Waals surface area contributed by atoms with Crippen molar-refractivity contribution in [2.24, 2.45) is 0 Å². The third kappa shape index (κ3) is 1.86. The van der Waals surface area contributed by atoms with E-state index in [-0.39, 0.29) is 11.9 Å². The first-order chi connectivity index (χ1) is 6.38.